The minimum absolute atomic E-state index is 0.0274. The fourth-order valence-corrected chi connectivity index (χ4v) is 6.30. The zero-order chi connectivity index (χ0) is 43.5. The van der Waals surface area contributed by atoms with Crippen molar-refractivity contribution in [3.05, 3.63) is 85.1 Å². The molecular weight excluding hydrogens is 739 g/mol. The van der Waals surface area contributed by atoms with Crippen molar-refractivity contribution in [3.63, 3.8) is 0 Å². The second-order valence-corrected chi connectivity index (χ2v) is 16.3. The third-order valence-corrected chi connectivity index (χ3v) is 9.84. The first-order chi connectivity index (χ1) is 28.6. The van der Waals surface area contributed by atoms with Gasteiger partial charge in [-0.1, -0.05) is 163 Å². The fourth-order valence-electron chi connectivity index (χ4n) is 6.30. The molecule has 0 aromatic heterocycles. The van der Waals surface area contributed by atoms with E-state index >= 15 is 0 Å². The zero-order valence-corrected chi connectivity index (χ0v) is 38.1. The van der Waals surface area contributed by atoms with Gasteiger partial charge in [0.1, 0.15) is 12.6 Å². The molecule has 0 aliphatic heterocycles. The van der Waals surface area contributed by atoms with E-state index in [2.05, 4.69) is 98.9 Å². The van der Waals surface area contributed by atoms with Crippen LogP contribution in [0.1, 0.15) is 168 Å². The second kappa shape index (κ2) is 41.3. The van der Waals surface area contributed by atoms with Crippen molar-refractivity contribution in [2.24, 2.45) is 0 Å². The van der Waals surface area contributed by atoms with Crippen LogP contribution in [0.5, 0.6) is 0 Å². The largest absolute Gasteiger partial charge is 0.544 e. The third-order valence-electron chi connectivity index (χ3n) is 9.84. The summed E-state index contributed by atoms with van der Waals surface area (Å²) < 4.78 is 17.2. The Balaban J connectivity index is 4.35. The van der Waals surface area contributed by atoms with Gasteiger partial charge in [0, 0.05) is 19.3 Å². The number of carbonyl (C=O) groups excluding carboxylic acids is 3. The van der Waals surface area contributed by atoms with Gasteiger partial charge in [0.15, 0.2) is 6.10 Å². The van der Waals surface area contributed by atoms with Gasteiger partial charge in [-0.05, 0) is 70.6 Å². The first-order valence-electron chi connectivity index (χ1n) is 23.1. The summed E-state index contributed by atoms with van der Waals surface area (Å²) in [5.74, 6) is -1.77. The Kier molecular flexibility index (Phi) is 38.8. The molecule has 0 spiro atoms. The van der Waals surface area contributed by atoms with Gasteiger partial charge < -0.3 is 28.6 Å². The smallest absolute Gasteiger partial charge is 0.306 e. The van der Waals surface area contributed by atoms with Gasteiger partial charge in [-0.15, -0.1) is 0 Å². The average molecular weight is 824 g/mol. The highest BCUT2D eigenvalue weighted by Gasteiger charge is 2.25. The molecule has 336 valence electrons. The highest BCUT2D eigenvalue weighted by molar-refractivity contribution is 5.70. The number of ether oxygens (including phenoxy) is 3. The Bertz CT molecular complexity index is 1240. The van der Waals surface area contributed by atoms with Crippen LogP contribution in [0.2, 0.25) is 0 Å². The molecule has 2 unspecified atom stereocenters. The normalized spacial score (nSPS) is 13.7. The molecule has 8 nitrogen and oxygen atoms in total. The molecule has 0 fully saturated rings. The number of unbranched alkanes of at least 4 members (excludes halogenated alkanes) is 14. The third kappa shape index (κ3) is 39.7. The maximum Gasteiger partial charge on any atom is 0.306 e. The van der Waals surface area contributed by atoms with Crippen LogP contribution in [0.15, 0.2) is 85.1 Å². The van der Waals surface area contributed by atoms with Gasteiger partial charge in [-0.2, -0.15) is 0 Å². The monoisotopic (exact) mass is 824 g/mol. The van der Waals surface area contributed by atoms with Crippen molar-refractivity contribution in [3.8, 4) is 0 Å². The lowest BCUT2D eigenvalue weighted by atomic mass is 10.1. The number of esters is 2. The molecule has 59 heavy (non-hydrogen) atoms. The Morgan fingerprint density at radius 3 is 1.51 bits per heavy atom. The Labute approximate surface area is 361 Å². The van der Waals surface area contributed by atoms with E-state index in [1.807, 2.05) is 0 Å². The topological polar surface area (TPSA) is 102 Å². The molecular formula is C51H85NO7. The number of allylic oxidation sites excluding steroid dienone is 14. The summed E-state index contributed by atoms with van der Waals surface area (Å²) in [4.78, 5) is 36.9. The van der Waals surface area contributed by atoms with E-state index in [4.69, 9.17) is 14.2 Å². The standard InChI is InChI=1S/C51H85NO7/c1-6-8-10-12-14-16-18-20-22-23-24-25-26-28-30-32-34-36-38-40-42-50(54)59-47(45-57-44-43-48(51(55)56)52(3,4)5)46-58-49(53)41-39-37-35-33-31-29-27-21-19-17-15-13-11-9-7-2/h8-11,13-17,19-20,22,24-25,47-48H,6-7,12,18,21,23,26-46H2,1-5H3/b10-8+,11-9+,15-13+,16-14+,19-17+,22-20+,25-24+. The number of rotatable bonds is 40. The van der Waals surface area contributed by atoms with E-state index < -0.39 is 18.1 Å². The van der Waals surface area contributed by atoms with E-state index in [-0.39, 0.29) is 42.7 Å². The number of hydrogen-bond acceptors (Lipinski definition) is 7. The molecule has 0 heterocycles. The second-order valence-electron chi connectivity index (χ2n) is 16.3. The lowest BCUT2D eigenvalue weighted by Crippen LogP contribution is -2.55. The van der Waals surface area contributed by atoms with E-state index in [9.17, 15) is 19.5 Å². The van der Waals surface area contributed by atoms with Crippen molar-refractivity contribution in [1.82, 2.24) is 0 Å². The van der Waals surface area contributed by atoms with Gasteiger partial charge >= 0.3 is 11.9 Å². The van der Waals surface area contributed by atoms with Crippen LogP contribution in [0, 0.1) is 0 Å². The first kappa shape index (κ1) is 55.5. The van der Waals surface area contributed by atoms with Crippen LogP contribution >= 0.6 is 0 Å². The van der Waals surface area contributed by atoms with Crippen LogP contribution in [-0.4, -0.2) is 75.5 Å². The molecule has 0 saturated carbocycles. The van der Waals surface area contributed by atoms with E-state index in [0.29, 0.717) is 12.8 Å². The quantitative estimate of drug-likeness (QED) is 0.0199. The molecule has 0 aliphatic carbocycles. The number of carboxylic acid groups (broad SMARTS) is 1. The van der Waals surface area contributed by atoms with Gasteiger partial charge in [0.05, 0.1) is 40.3 Å². The van der Waals surface area contributed by atoms with Gasteiger partial charge in [0.2, 0.25) is 0 Å². The van der Waals surface area contributed by atoms with E-state index in [0.717, 1.165) is 96.3 Å². The summed E-state index contributed by atoms with van der Waals surface area (Å²) in [7, 11) is 5.39. The molecule has 0 N–H and O–H groups in total. The number of carboxylic acids is 1. The fraction of sp³-hybridized carbons (Fsp3) is 0.667. The molecule has 0 aliphatic rings. The van der Waals surface area contributed by atoms with Crippen LogP contribution in [0.4, 0.5) is 0 Å². The van der Waals surface area contributed by atoms with Crippen LogP contribution in [-0.2, 0) is 28.6 Å². The SMILES string of the molecule is CC/C=C/C=C/C=C/CCCCCCCCCC(=O)OCC(COCCC(C(=O)[O-])[N+](C)(C)C)OC(=O)CCCCCCCCC/C=C/C/C=C/C/C=C/C/C=C/CC. The maximum atomic E-state index is 12.8. The van der Waals surface area contributed by atoms with Gasteiger partial charge in [-0.3, -0.25) is 9.59 Å². The minimum Gasteiger partial charge on any atom is -0.544 e. The van der Waals surface area contributed by atoms with E-state index in [1.54, 1.807) is 21.1 Å². The summed E-state index contributed by atoms with van der Waals surface area (Å²) >= 11 is 0. The molecule has 8 heteroatoms. The van der Waals surface area contributed by atoms with Crippen molar-refractivity contribution < 1.29 is 38.2 Å². The van der Waals surface area contributed by atoms with Crippen molar-refractivity contribution >= 4 is 17.9 Å². The van der Waals surface area contributed by atoms with Crippen LogP contribution in [0.3, 0.4) is 0 Å². The zero-order valence-electron chi connectivity index (χ0n) is 38.1. The number of likely N-dealkylation sites (N-methyl/N-ethyl adjacent to an activating group) is 1. The van der Waals surface area contributed by atoms with Gasteiger partial charge in [0.25, 0.3) is 0 Å². The molecule has 0 saturated heterocycles. The van der Waals surface area contributed by atoms with Crippen molar-refractivity contribution in [2.75, 3.05) is 41.0 Å². The number of hydrogen-bond donors (Lipinski definition) is 0. The molecule has 2 atom stereocenters. The lowest BCUT2D eigenvalue weighted by molar-refractivity contribution is -0.889. The first-order valence-corrected chi connectivity index (χ1v) is 23.1. The maximum absolute atomic E-state index is 12.8. The summed E-state index contributed by atoms with van der Waals surface area (Å²) in [5, 5.41) is 11.6. The molecule has 0 aromatic carbocycles. The Hall–Kier alpha value is -3.49. The summed E-state index contributed by atoms with van der Waals surface area (Å²) in [6.07, 6.45) is 53.2. The minimum atomic E-state index is -1.13. The van der Waals surface area contributed by atoms with Gasteiger partial charge in [-0.25, -0.2) is 0 Å². The van der Waals surface area contributed by atoms with E-state index in [1.165, 1.54) is 38.5 Å². The average Bonchev–Trinajstić information content (AvgIpc) is 3.19. The highest BCUT2D eigenvalue weighted by atomic mass is 16.6. The summed E-state index contributed by atoms with van der Waals surface area (Å²) in [6.45, 7) is 4.38. The number of carbonyl (C=O) groups is 3. The Morgan fingerprint density at radius 1 is 0.525 bits per heavy atom. The molecule has 0 rings (SSSR count). The van der Waals surface area contributed by atoms with Crippen molar-refractivity contribution in [1.29, 1.82) is 0 Å². The van der Waals surface area contributed by atoms with Crippen LogP contribution < -0.4 is 5.11 Å². The predicted molar refractivity (Wildman–Crippen MR) is 245 cm³/mol. The van der Waals surface area contributed by atoms with Crippen molar-refractivity contribution in [2.45, 2.75) is 180 Å². The summed E-state index contributed by atoms with van der Waals surface area (Å²) in [6, 6.07) is -0.734. The molecule has 0 bridgehead atoms. The lowest BCUT2D eigenvalue weighted by Gasteiger charge is -2.34. The highest BCUT2D eigenvalue weighted by Crippen LogP contribution is 2.14. The predicted octanol–water partition coefficient (Wildman–Crippen LogP) is 11.6. The molecule has 0 amide bonds. The van der Waals surface area contributed by atoms with Crippen LogP contribution in [0.25, 0.3) is 0 Å². The summed E-state index contributed by atoms with van der Waals surface area (Å²) in [5.41, 5.74) is 0. The molecule has 0 radical (unpaired) electrons. The Morgan fingerprint density at radius 2 is 0.983 bits per heavy atom. The number of quaternary nitrogens is 1. The number of nitrogens with zero attached hydrogens (tertiary/aromatic N) is 1. The number of aliphatic carboxylic acids is 1. The molecule has 0 aromatic rings.